The van der Waals surface area contributed by atoms with Crippen molar-refractivity contribution in [2.45, 2.75) is 79.2 Å². The predicted molar refractivity (Wildman–Crippen MR) is 73.3 cm³/mol. The Hall–Kier alpha value is -0.370. The van der Waals surface area contributed by atoms with Crippen molar-refractivity contribution >= 4 is 5.78 Å². The highest BCUT2D eigenvalue weighted by Gasteiger charge is 2.28. The van der Waals surface area contributed by atoms with Crippen LogP contribution in [0.1, 0.15) is 73.6 Å². The quantitative estimate of drug-likeness (QED) is 0.561. The molecule has 0 spiro atoms. The monoisotopic (exact) mass is 242 g/mol. The van der Waals surface area contributed by atoms with E-state index in [0.717, 1.165) is 25.7 Å². The molecule has 0 aliphatic heterocycles. The fourth-order valence-corrected chi connectivity index (χ4v) is 1.63. The normalized spacial score (nSPS) is 12.8. The van der Waals surface area contributed by atoms with E-state index in [1.54, 1.807) is 0 Å². The fraction of sp³-hybridized carbons (Fsp3) is 0.933. The lowest BCUT2D eigenvalue weighted by Crippen LogP contribution is -2.27. The molecule has 0 unspecified atom stereocenters. The lowest BCUT2D eigenvalue weighted by Gasteiger charge is -2.26. The van der Waals surface area contributed by atoms with Gasteiger partial charge in [0.05, 0.1) is 5.60 Å². The first-order chi connectivity index (χ1) is 7.81. The Balaban J connectivity index is 3.94. The Morgan fingerprint density at radius 3 is 1.94 bits per heavy atom. The minimum Gasteiger partial charge on any atom is -0.376 e. The van der Waals surface area contributed by atoms with Gasteiger partial charge >= 0.3 is 0 Å². The van der Waals surface area contributed by atoms with Crippen molar-refractivity contribution in [3.8, 4) is 0 Å². The van der Waals surface area contributed by atoms with E-state index in [2.05, 4.69) is 41.5 Å². The zero-order valence-electron chi connectivity index (χ0n) is 12.6. The number of ether oxygens (including phenoxy) is 1. The Morgan fingerprint density at radius 1 is 1.00 bits per heavy atom. The van der Waals surface area contributed by atoms with Crippen molar-refractivity contribution in [1.82, 2.24) is 0 Å². The first kappa shape index (κ1) is 16.6. The van der Waals surface area contributed by atoms with Crippen LogP contribution >= 0.6 is 0 Å². The first-order valence-corrected chi connectivity index (χ1v) is 6.98. The van der Waals surface area contributed by atoms with Crippen molar-refractivity contribution in [3.63, 3.8) is 0 Å². The molecule has 0 heterocycles. The third kappa shape index (κ3) is 5.67. The smallest absolute Gasteiger partial charge is 0.138 e. The van der Waals surface area contributed by atoms with Crippen LogP contribution in [0.4, 0.5) is 0 Å². The average molecular weight is 242 g/mol. The van der Waals surface area contributed by atoms with Gasteiger partial charge in [-0.2, -0.15) is 0 Å². The maximum atomic E-state index is 12.1. The minimum atomic E-state index is -0.125. The number of carbonyl (C=O) groups is 1. The van der Waals surface area contributed by atoms with Crippen molar-refractivity contribution in [3.05, 3.63) is 0 Å². The highest BCUT2D eigenvalue weighted by molar-refractivity contribution is 5.84. The second-order valence-corrected chi connectivity index (χ2v) is 5.76. The zero-order chi connectivity index (χ0) is 13.5. The van der Waals surface area contributed by atoms with Crippen LogP contribution in [0.5, 0.6) is 0 Å². The summed E-state index contributed by atoms with van der Waals surface area (Å²) in [6.45, 7) is 13.3. The van der Waals surface area contributed by atoms with Crippen LogP contribution in [0.3, 0.4) is 0 Å². The molecule has 0 aromatic heterocycles. The molecule has 2 heteroatoms. The third-order valence-corrected chi connectivity index (χ3v) is 4.13. The van der Waals surface area contributed by atoms with Crippen molar-refractivity contribution in [1.29, 1.82) is 0 Å². The lowest BCUT2D eigenvalue weighted by molar-refractivity contribution is -0.129. The standard InChI is InChI=1S/C15H30O2/c1-7-14(4,5)17-12-10-11-13(16)15(6,8-2)9-3/h7-12H2,1-6H3. The van der Waals surface area contributed by atoms with Gasteiger partial charge in [0.25, 0.3) is 0 Å². The summed E-state index contributed by atoms with van der Waals surface area (Å²) >= 11 is 0. The SMILES string of the molecule is CCC(C)(C)OCCCC(=O)C(C)(CC)CC. The molecule has 0 N–H and O–H groups in total. The average Bonchev–Trinajstić information content (AvgIpc) is 2.33. The molecule has 102 valence electrons. The van der Waals surface area contributed by atoms with Crippen LogP contribution in [0.15, 0.2) is 0 Å². The summed E-state index contributed by atoms with van der Waals surface area (Å²) in [5.74, 6) is 0.389. The van der Waals surface area contributed by atoms with Crippen LogP contribution in [0.2, 0.25) is 0 Å². The van der Waals surface area contributed by atoms with Crippen molar-refractivity contribution < 1.29 is 9.53 Å². The van der Waals surface area contributed by atoms with Gasteiger partial charge in [-0.3, -0.25) is 4.79 Å². The topological polar surface area (TPSA) is 26.3 Å². The number of carbonyl (C=O) groups excluding carboxylic acids is 1. The molecule has 0 atom stereocenters. The Kier molecular flexibility index (Phi) is 6.99. The molecule has 17 heavy (non-hydrogen) atoms. The van der Waals surface area contributed by atoms with E-state index in [1.165, 1.54) is 0 Å². The molecule has 0 aliphatic carbocycles. The summed E-state index contributed by atoms with van der Waals surface area (Å²) in [4.78, 5) is 12.1. The van der Waals surface area contributed by atoms with E-state index in [-0.39, 0.29) is 11.0 Å². The number of hydrogen-bond donors (Lipinski definition) is 0. The number of hydrogen-bond acceptors (Lipinski definition) is 2. The van der Waals surface area contributed by atoms with E-state index in [1.807, 2.05) is 0 Å². The Labute approximate surface area is 107 Å². The van der Waals surface area contributed by atoms with Crippen molar-refractivity contribution in [2.75, 3.05) is 6.61 Å². The molecule has 0 saturated carbocycles. The molecule has 0 saturated heterocycles. The molecule has 0 rings (SSSR count). The van der Waals surface area contributed by atoms with Gasteiger partial charge in [-0.1, -0.05) is 27.7 Å². The van der Waals surface area contributed by atoms with Gasteiger partial charge in [0, 0.05) is 18.4 Å². The number of ketones is 1. The molecule has 0 amide bonds. The molecular weight excluding hydrogens is 212 g/mol. The zero-order valence-corrected chi connectivity index (χ0v) is 12.6. The van der Waals surface area contributed by atoms with E-state index >= 15 is 0 Å². The van der Waals surface area contributed by atoms with Gasteiger partial charge in [-0.15, -0.1) is 0 Å². The number of rotatable bonds is 9. The summed E-state index contributed by atoms with van der Waals surface area (Å²) < 4.78 is 5.76. The highest BCUT2D eigenvalue weighted by Crippen LogP contribution is 2.28. The Morgan fingerprint density at radius 2 is 1.53 bits per heavy atom. The number of Topliss-reactive ketones (excluding diaryl/α,β-unsaturated/α-hetero) is 1. The first-order valence-electron chi connectivity index (χ1n) is 6.98. The molecule has 0 aliphatic rings. The summed E-state index contributed by atoms with van der Waals surface area (Å²) in [5.41, 5.74) is -0.178. The molecule has 2 nitrogen and oxygen atoms in total. The molecule has 0 bridgehead atoms. The minimum absolute atomic E-state index is 0.0537. The molecular formula is C15H30O2. The summed E-state index contributed by atoms with van der Waals surface area (Å²) in [6, 6.07) is 0. The molecule has 0 radical (unpaired) electrons. The van der Waals surface area contributed by atoms with Gasteiger partial charge in [-0.05, 0) is 39.5 Å². The second-order valence-electron chi connectivity index (χ2n) is 5.76. The Bertz CT molecular complexity index is 227. The van der Waals surface area contributed by atoms with Gasteiger partial charge in [0.2, 0.25) is 0 Å². The van der Waals surface area contributed by atoms with Crippen LogP contribution in [0, 0.1) is 5.41 Å². The maximum absolute atomic E-state index is 12.1. The third-order valence-electron chi connectivity index (χ3n) is 4.13. The van der Waals surface area contributed by atoms with E-state index < -0.39 is 0 Å². The maximum Gasteiger partial charge on any atom is 0.138 e. The predicted octanol–water partition coefficient (Wildman–Crippen LogP) is 4.37. The van der Waals surface area contributed by atoms with Gasteiger partial charge < -0.3 is 4.74 Å². The van der Waals surface area contributed by atoms with Crippen LogP contribution in [-0.2, 0) is 9.53 Å². The largest absolute Gasteiger partial charge is 0.376 e. The van der Waals surface area contributed by atoms with E-state index in [9.17, 15) is 4.79 Å². The lowest BCUT2D eigenvalue weighted by atomic mass is 9.79. The summed E-state index contributed by atoms with van der Waals surface area (Å²) in [7, 11) is 0. The van der Waals surface area contributed by atoms with Gasteiger partial charge in [-0.25, -0.2) is 0 Å². The van der Waals surface area contributed by atoms with Crippen LogP contribution < -0.4 is 0 Å². The van der Waals surface area contributed by atoms with E-state index in [4.69, 9.17) is 4.74 Å². The second kappa shape index (κ2) is 7.15. The fourth-order valence-electron chi connectivity index (χ4n) is 1.63. The van der Waals surface area contributed by atoms with Crippen molar-refractivity contribution in [2.24, 2.45) is 5.41 Å². The summed E-state index contributed by atoms with van der Waals surface area (Å²) in [5, 5.41) is 0. The van der Waals surface area contributed by atoms with Gasteiger partial charge in [0.15, 0.2) is 0 Å². The van der Waals surface area contributed by atoms with E-state index in [0.29, 0.717) is 18.8 Å². The van der Waals surface area contributed by atoms with Crippen LogP contribution in [0.25, 0.3) is 0 Å². The molecule has 0 fully saturated rings. The van der Waals surface area contributed by atoms with Gasteiger partial charge in [0.1, 0.15) is 5.78 Å². The summed E-state index contributed by atoms with van der Waals surface area (Å²) in [6.07, 6.45) is 4.37. The molecule has 0 aromatic rings. The van der Waals surface area contributed by atoms with Crippen LogP contribution in [-0.4, -0.2) is 18.0 Å². The highest BCUT2D eigenvalue weighted by atomic mass is 16.5. The molecule has 0 aromatic carbocycles.